The number of carbonyl (C=O) groups is 1. The fourth-order valence-corrected chi connectivity index (χ4v) is 1.30. The van der Waals surface area contributed by atoms with Crippen LogP contribution in [0.5, 0.6) is 0 Å². The highest BCUT2D eigenvalue weighted by Crippen LogP contribution is 2.27. The third-order valence-electron chi connectivity index (χ3n) is 2.02. The minimum atomic E-state index is -3.07. The minimum absolute atomic E-state index is 0.0930. The zero-order valence-electron chi connectivity index (χ0n) is 9.59. The van der Waals surface area contributed by atoms with Gasteiger partial charge in [-0.15, -0.1) is 0 Å². The first-order chi connectivity index (χ1) is 8.92. The van der Waals surface area contributed by atoms with Gasteiger partial charge in [0.25, 0.3) is 6.43 Å². The lowest BCUT2D eigenvalue weighted by molar-refractivity contribution is -0.385. The van der Waals surface area contributed by atoms with E-state index in [1.54, 1.807) is 0 Å². The van der Waals surface area contributed by atoms with E-state index in [4.69, 9.17) is 5.26 Å². The predicted octanol–water partition coefficient (Wildman–Crippen LogP) is 1.98. The normalized spacial score (nSPS) is 10.1. The number of esters is 1. The van der Waals surface area contributed by atoms with Gasteiger partial charge in [0, 0.05) is 0 Å². The average Bonchev–Trinajstić information content (AvgIpc) is 2.36. The second-order valence-corrected chi connectivity index (χ2v) is 3.18. The molecule has 0 aliphatic carbocycles. The van der Waals surface area contributed by atoms with Gasteiger partial charge in [-0.25, -0.2) is 18.6 Å². The number of carbonyl (C=O) groups excluding carboxylic acids is 1. The van der Waals surface area contributed by atoms with Crippen molar-refractivity contribution in [2.24, 2.45) is 0 Å². The zero-order chi connectivity index (χ0) is 14.6. The van der Waals surface area contributed by atoms with Gasteiger partial charge in [-0.2, -0.15) is 5.26 Å². The van der Waals surface area contributed by atoms with Gasteiger partial charge in [0.1, 0.15) is 17.3 Å². The van der Waals surface area contributed by atoms with Crippen LogP contribution in [0.15, 0.2) is 6.07 Å². The summed E-state index contributed by atoms with van der Waals surface area (Å²) in [6, 6.07) is 1.87. The van der Waals surface area contributed by atoms with Gasteiger partial charge in [0.05, 0.1) is 11.5 Å². The SMILES string of the molecule is CCOC(=O)c1cc(C(F)F)nc(C#N)c1[N+](=O)[O-]. The van der Waals surface area contributed by atoms with Crippen molar-refractivity contribution in [3.8, 4) is 6.07 Å². The number of nitriles is 1. The first-order valence-electron chi connectivity index (χ1n) is 4.97. The van der Waals surface area contributed by atoms with E-state index in [1.165, 1.54) is 13.0 Å². The van der Waals surface area contributed by atoms with Crippen LogP contribution in [0.4, 0.5) is 14.5 Å². The van der Waals surface area contributed by atoms with Crippen LogP contribution in [0, 0.1) is 21.4 Å². The van der Waals surface area contributed by atoms with Crippen LogP contribution in [0.25, 0.3) is 0 Å². The monoisotopic (exact) mass is 271 g/mol. The Morgan fingerprint density at radius 1 is 1.68 bits per heavy atom. The third kappa shape index (κ3) is 2.98. The molecule has 0 amide bonds. The highest BCUT2D eigenvalue weighted by Gasteiger charge is 2.30. The molecule has 0 unspecified atom stereocenters. The van der Waals surface area contributed by atoms with Crippen LogP contribution in [-0.2, 0) is 4.74 Å². The van der Waals surface area contributed by atoms with Crippen molar-refractivity contribution >= 4 is 11.7 Å². The number of hydrogen-bond donors (Lipinski definition) is 0. The zero-order valence-corrected chi connectivity index (χ0v) is 9.59. The van der Waals surface area contributed by atoms with Crippen molar-refractivity contribution in [1.29, 1.82) is 5.26 Å². The van der Waals surface area contributed by atoms with Gasteiger partial charge in [-0.05, 0) is 13.0 Å². The molecule has 0 atom stereocenters. The summed E-state index contributed by atoms with van der Waals surface area (Å²) in [5.74, 6) is -1.16. The second kappa shape index (κ2) is 5.81. The molecule has 1 aromatic rings. The summed E-state index contributed by atoms with van der Waals surface area (Å²) in [7, 11) is 0. The van der Waals surface area contributed by atoms with Crippen LogP contribution < -0.4 is 0 Å². The predicted molar refractivity (Wildman–Crippen MR) is 56.5 cm³/mol. The molecule has 0 aliphatic rings. The Balaban J connectivity index is 3.56. The third-order valence-corrected chi connectivity index (χ3v) is 2.02. The molecule has 9 heteroatoms. The molecule has 0 saturated heterocycles. The van der Waals surface area contributed by atoms with Crippen molar-refractivity contribution in [3.05, 3.63) is 33.1 Å². The number of halogens is 2. The molecule has 0 bridgehead atoms. The van der Waals surface area contributed by atoms with Gasteiger partial charge in [0.15, 0.2) is 0 Å². The summed E-state index contributed by atoms with van der Waals surface area (Å²) < 4.78 is 29.6. The van der Waals surface area contributed by atoms with Gasteiger partial charge in [-0.3, -0.25) is 10.1 Å². The van der Waals surface area contributed by atoms with Crippen LogP contribution in [-0.4, -0.2) is 22.5 Å². The molecule has 0 radical (unpaired) electrons. The molecule has 1 heterocycles. The fourth-order valence-electron chi connectivity index (χ4n) is 1.30. The quantitative estimate of drug-likeness (QED) is 0.470. The van der Waals surface area contributed by atoms with E-state index in [2.05, 4.69) is 9.72 Å². The van der Waals surface area contributed by atoms with Crippen LogP contribution >= 0.6 is 0 Å². The number of aromatic nitrogens is 1. The maximum Gasteiger partial charge on any atom is 0.345 e. The van der Waals surface area contributed by atoms with Crippen molar-refractivity contribution in [2.45, 2.75) is 13.3 Å². The van der Waals surface area contributed by atoms with Crippen LogP contribution in [0.3, 0.4) is 0 Å². The summed E-state index contributed by atoms with van der Waals surface area (Å²) in [6.07, 6.45) is -3.07. The van der Waals surface area contributed by atoms with Crippen LogP contribution in [0.2, 0.25) is 0 Å². The summed E-state index contributed by atoms with van der Waals surface area (Å²) >= 11 is 0. The van der Waals surface area contributed by atoms with E-state index in [0.29, 0.717) is 6.07 Å². The molecule has 0 fully saturated rings. The standard InChI is InChI=1S/C10H7F2N3O4/c1-2-19-10(16)5-3-6(9(11)12)14-7(4-13)8(5)15(17)18/h3,9H,2H2,1H3. The topological polar surface area (TPSA) is 106 Å². The molecule has 19 heavy (non-hydrogen) atoms. The molecule has 1 aromatic heterocycles. The highest BCUT2D eigenvalue weighted by atomic mass is 19.3. The fraction of sp³-hybridized carbons (Fsp3) is 0.300. The number of hydrogen-bond acceptors (Lipinski definition) is 6. The van der Waals surface area contributed by atoms with E-state index < -0.39 is 40.0 Å². The molecule has 0 aliphatic heterocycles. The summed E-state index contributed by atoms with van der Waals surface area (Å²) in [5, 5.41) is 19.5. The van der Waals surface area contributed by atoms with E-state index >= 15 is 0 Å². The molecule has 7 nitrogen and oxygen atoms in total. The number of rotatable bonds is 4. The van der Waals surface area contributed by atoms with E-state index in [-0.39, 0.29) is 6.61 Å². The summed E-state index contributed by atoms with van der Waals surface area (Å²) in [6.45, 7) is 1.36. The van der Waals surface area contributed by atoms with Gasteiger partial charge < -0.3 is 4.74 Å². The molecule has 1 rings (SSSR count). The van der Waals surface area contributed by atoms with E-state index in [1.807, 2.05) is 0 Å². The molecular weight excluding hydrogens is 264 g/mol. The minimum Gasteiger partial charge on any atom is -0.462 e. The van der Waals surface area contributed by atoms with Crippen LogP contribution in [0.1, 0.15) is 35.1 Å². The number of nitro groups is 1. The lowest BCUT2D eigenvalue weighted by Gasteiger charge is -2.06. The lowest BCUT2D eigenvalue weighted by Crippen LogP contribution is -2.12. The Kier molecular flexibility index (Phi) is 4.41. The number of alkyl halides is 2. The molecule has 0 saturated carbocycles. The van der Waals surface area contributed by atoms with Crippen molar-refractivity contribution in [3.63, 3.8) is 0 Å². The van der Waals surface area contributed by atoms with E-state index in [0.717, 1.165) is 0 Å². The van der Waals surface area contributed by atoms with Gasteiger partial charge in [0.2, 0.25) is 5.69 Å². The van der Waals surface area contributed by atoms with E-state index in [9.17, 15) is 23.7 Å². The molecular formula is C10H7F2N3O4. The van der Waals surface area contributed by atoms with Gasteiger partial charge >= 0.3 is 11.7 Å². The molecule has 0 aromatic carbocycles. The number of pyridine rings is 1. The molecule has 0 spiro atoms. The highest BCUT2D eigenvalue weighted by molar-refractivity contribution is 5.94. The van der Waals surface area contributed by atoms with Crippen molar-refractivity contribution in [2.75, 3.05) is 6.61 Å². The second-order valence-electron chi connectivity index (χ2n) is 3.18. The Morgan fingerprint density at radius 3 is 2.74 bits per heavy atom. The first-order valence-corrected chi connectivity index (χ1v) is 4.97. The van der Waals surface area contributed by atoms with Crippen molar-refractivity contribution in [1.82, 2.24) is 4.98 Å². The average molecular weight is 271 g/mol. The number of ether oxygens (including phenoxy) is 1. The van der Waals surface area contributed by atoms with Crippen molar-refractivity contribution < 1.29 is 23.2 Å². The maximum absolute atomic E-state index is 12.6. The number of nitrogens with zero attached hydrogens (tertiary/aromatic N) is 3. The first kappa shape index (κ1) is 14.4. The summed E-state index contributed by atoms with van der Waals surface area (Å²) in [5.41, 5.74) is -3.41. The summed E-state index contributed by atoms with van der Waals surface area (Å²) in [4.78, 5) is 24.4. The Hall–Kier alpha value is -2.63. The lowest BCUT2D eigenvalue weighted by atomic mass is 10.1. The Morgan fingerprint density at radius 2 is 2.32 bits per heavy atom. The van der Waals surface area contributed by atoms with Gasteiger partial charge in [-0.1, -0.05) is 0 Å². The molecule has 0 N–H and O–H groups in total. The Bertz CT molecular complexity index is 569. The molecule has 100 valence electrons. The maximum atomic E-state index is 12.6. The largest absolute Gasteiger partial charge is 0.462 e. The Labute approximate surface area is 105 Å². The smallest absolute Gasteiger partial charge is 0.345 e.